The maximum Gasteiger partial charge on any atom is 0.135 e. The fraction of sp³-hybridized carbons (Fsp3) is 0. The first-order valence-corrected chi connectivity index (χ1v) is 14.4. The number of fused-ring (bicyclic) bond motifs is 6. The summed E-state index contributed by atoms with van der Waals surface area (Å²) in [5.41, 5.74) is 6.24. The van der Waals surface area contributed by atoms with Gasteiger partial charge in [0, 0.05) is 10.8 Å². The van der Waals surface area contributed by atoms with Crippen molar-refractivity contribution in [2.24, 2.45) is 0 Å². The summed E-state index contributed by atoms with van der Waals surface area (Å²) in [5, 5.41) is 6.19. The average molecular weight is 549 g/mol. The Bertz CT molecular complexity index is 2500. The normalized spacial score (nSPS) is 11.8. The topological polar surface area (TPSA) is 13.1 Å². The van der Waals surface area contributed by atoms with E-state index in [9.17, 15) is 0 Å². The number of para-hydroxylation sites is 1. The minimum atomic E-state index is 0.175. The summed E-state index contributed by atoms with van der Waals surface area (Å²) < 4.78 is 6.13. The van der Waals surface area contributed by atoms with Gasteiger partial charge in [-0.2, -0.15) is 0 Å². The molecule has 0 fully saturated rings. The Morgan fingerprint density at radius 2 is 0.867 bits per heavy atom. The lowest BCUT2D eigenvalue weighted by atomic mass is 9.59. The maximum absolute atomic E-state index is 6.91. The standard InChI is InChI=1S/C36H14B8O/c37-29-25-23(16-12-13-22-20(14-16)18-9-3-4-11-21(18)45-22)26-28(32(40)36(44)34(42)30(26)38)24(27(25)31(39)35(43)33(29)41)19-10-5-7-15-6-1-2-8-17(15)19/h1-14H. The molecule has 0 bridgehead atoms. The lowest BCUT2D eigenvalue weighted by molar-refractivity contribution is 0.669. The molecule has 9 heteroatoms. The molecule has 0 aliphatic carbocycles. The van der Waals surface area contributed by atoms with Crippen LogP contribution in [0.25, 0.3) is 76.5 Å². The Kier molecular flexibility index (Phi) is 6.30. The predicted molar refractivity (Wildman–Crippen MR) is 200 cm³/mol. The van der Waals surface area contributed by atoms with Gasteiger partial charge in [0.05, 0.1) is 0 Å². The molecule has 0 saturated heterocycles. The second kappa shape index (κ2) is 10.1. The zero-order valence-corrected chi connectivity index (χ0v) is 24.1. The monoisotopic (exact) mass is 550 g/mol. The highest BCUT2D eigenvalue weighted by Gasteiger charge is 2.25. The van der Waals surface area contributed by atoms with E-state index in [2.05, 4.69) is 0 Å². The Morgan fingerprint density at radius 3 is 1.49 bits per heavy atom. The minimum absolute atomic E-state index is 0.175. The van der Waals surface area contributed by atoms with Gasteiger partial charge in [-0.3, -0.25) is 0 Å². The molecule has 1 nitrogen and oxygen atoms in total. The summed E-state index contributed by atoms with van der Waals surface area (Å²) in [7, 11) is 53.8. The van der Waals surface area contributed by atoms with E-state index >= 15 is 0 Å². The molecule has 0 aliphatic heterocycles. The first-order valence-electron chi connectivity index (χ1n) is 14.4. The Balaban J connectivity index is 1.69. The van der Waals surface area contributed by atoms with Gasteiger partial charge in [0.2, 0.25) is 0 Å². The smallest absolute Gasteiger partial charge is 0.135 e. The maximum atomic E-state index is 6.91. The number of hydrogen-bond acceptors (Lipinski definition) is 1. The molecule has 0 atom stereocenters. The summed E-state index contributed by atoms with van der Waals surface area (Å²) in [6, 6.07) is 27.8. The van der Waals surface area contributed by atoms with E-state index in [1.165, 1.54) is 0 Å². The third-order valence-corrected chi connectivity index (χ3v) is 9.04. The fourth-order valence-corrected chi connectivity index (χ4v) is 6.83. The second-order valence-corrected chi connectivity index (χ2v) is 11.4. The van der Waals surface area contributed by atoms with Crippen molar-refractivity contribution in [3.63, 3.8) is 0 Å². The van der Waals surface area contributed by atoms with Crippen molar-refractivity contribution in [2.75, 3.05) is 0 Å². The highest BCUT2D eigenvalue weighted by Crippen LogP contribution is 2.43. The third-order valence-electron chi connectivity index (χ3n) is 9.04. The van der Waals surface area contributed by atoms with E-state index in [1.807, 2.05) is 84.9 Å². The van der Waals surface area contributed by atoms with E-state index in [-0.39, 0.29) is 43.7 Å². The Hall–Kier alpha value is -4.36. The fourth-order valence-electron chi connectivity index (χ4n) is 6.83. The van der Waals surface area contributed by atoms with Crippen molar-refractivity contribution in [3.05, 3.63) is 84.9 Å². The van der Waals surface area contributed by atoms with Gasteiger partial charge in [-0.15, -0.1) is 21.9 Å². The van der Waals surface area contributed by atoms with Crippen LogP contribution in [-0.2, 0) is 0 Å². The van der Waals surface area contributed by atoms with Crippen molar-refractivity contribution >= 4 is 161 Å². The molecule has 8 rings (SSSR count). The molecular formula is C36H14B8O. The molecule has 1 heterocycles. The van der Waals surface area contributed by atoms with Crippen LogP contribution in [0.15, 0.2) is 89.3 Å². The number of rotatable bonds is 2. The molecule has 1 aromatic heterocycles. The van der Waals surface area contributed by atoms with Crippen molar-refractivity contribution in [3.8, 4) is 22.3 Å². The zero-order chi connectivity index (χ0) is 31.3. The van der Waals surface area contributed by atoms with Crippen LogP contribution >= 0.6 is 0 Å². The van der Waals surface area contributed by atoms with E-state index in [1.54, 1.807) is 0 Å². The lowest BCUT2D eigenvalue weighted by Crippen LogP contribution is -2.50. The van der Waals surface area contributed by atoms with Crippen LogP contribution in [0.1, 0.15) is 0 Å². The largest absolute Gasteiger partial charge is 0.456 e. The van der Waals surface area contributed by atoms with Crippen LogP contribution in [0, 0.1) is 0 Å². The number of benzene rings is 7. The molecule has 188 valence electrons. The number of hydrogen-bond donors (Lipinski definition) is 0. The van der Waals surface area contributed by atoms with E-state index in [0.717, 1.165) is 43.8 Å². The molecular weight excluding hydrogens is 535 g/mol. The molecule has 16 radical (unpaired) electrons. The Morgan fingerprint density at radius 1 is 0.378 bits per heavy atom. The molecule has 45 heavy (non-hydrogen) atoms. The van der Waals surface area contributed by atoms with Crippen LogP contribution in [0.5, 0.6) is 0 Å². The molecule has 0 spiro atoms. The van der Waals surface area contributed by atoms with Crippen LogP contribution < -0.4 is 43.7 Å². The van der Waals surface area contributed by atoms with Crippen LogP contribution in [0.4, 0.5) is 0 Å². The highest BCUT2D eigenvalue weighted by atomic mass is 16.3. The van der Waals surface area contributed by atoms with E-state index in [0.29, 0.717) is 32.7 Å². The SMILES string of the molecule is [B]c1c([B])c([B])c2c(-c3cccc4ccccc34)c3c([B])c([B])c([B])c([B])c3c(-c3ccc4oc5ccccc5c4c3)c2c1[B]. The van der Waals surface area contributed by atoms with Crippen LogP contribution in [0.2, 0.25) is 0 Å². The Labute approximate surface area is 271 Å². The van der Waals surface area contributed by atoms with Crippen LogP contribution in [0.3, 0.4) is 0 Å². The molecule has 8 aromatic rings. The molecule has 7 aromatic carbocycles. The first-order chi connectivity index (χ1) is 21.7. The van der Waals surface area contributed by atoms with Crippen LogP contribution in [-0.4, -0.2) is 62.8 Å². The summed E-state index contributed by atoms with van der Waals surface area (Å²) in [6.07, 6.45) is 0. The third kappa shape index (κ3) is 3.86. The van der Waals surface area contributed by atoms with Crippen molar-refractivity contribution in [1.82, 2.24) is 0 Å². The summed E-state index contributed by atoms with van der Waals surface area (Å²) in [4.78, 5) is 0. The van der Waals surface area contributed by atoms with Gasteiger partial charge in [-0.25, -0.2) is 0 Å². The summed E-state index contributed by atoms with van der Waals surface area (Å²) >= 11 is 0. The molecule has 0 unspecified atom stereocenters. The van der Waals surface area contributed by atoms with Crippen molar-refractivity contribution < 1.29 is 4.42 Å². The average Bonchev–Trinajstić information content (AvgIpc) is 3.44. The van der Waals surface area contributed by atoms with Crippen molar-refractivity contribution in [2.45, 2.75) is 0 Å². The zero-order valence-electron chi connectivity index (χ0n) is 24.1. The van der Waals surface area contributed by atoms with Gasteiger partial charge in [0.25, 0.3) is 0 Å². The summed E-state index contributed by atoms with van der Waals surface area (Å²) in [6.45, 7) is 0. The van der Waals surface area contributed by atoms with Gasteiger partial charge in [-0.05, 0) is 72.8 Å². The van der Waals surface area contributed by atoms with Gasteiger partial charge < -0.3 is 4.42 Å². The van der Waals surface area contributed by atoms with Gasteiger partial charge in [-0.1, -0.05) is 88.6 Å². The number of furan rings is 1. The quantitative estimate of drug-likeness (QED) is 0.229. The molecule has 0 N–H and O–H groups in total. The molecule has 0 amide bonds. The van der Waals surface area contributed by atoms with Gasteiger partial charge in [0.15, 0.2) is 0 Å². The first kappa shape index (κ1) is 28.1. The second-order valence-electron chi connectivity index (χ2n) is 11.4. The van der Waals surface area contributed by atoms with Gasteiger partial charge in [0.1, 0.15) is 73.9 Å². The highest BCUT2D eigenvalue weighted by molar-refractivity contribution is 6.71. The molecule has 0 saturated carbocycles. The lowest BCUT2D eigenvalue weighted by Gasteiger charge is -2.29. The minimum Gasteiger partial charge on any atom is -0.456 e. The molecule has 0 aliphatic rings. The van der Waals surface area contributed by atoms with Crippen molar-refractivity contribution in [1.29, 1.82) is 0 Å². The van der Waals surface area contributed by atoms with Gasteiger partial charge >= 0.3 is 0 Å². The van der Waals surface area contributed by atoms with E-state index < -0.39 is 0 Å². The van der Waals surface area contributed by atoms with E-state index in [4.69, 9.17) is 67.2 Å². The summed E-state index contributed by atoms with van der Waals surface area (Å²) in [5.74, 6) is 0. The predicted octanol–water partition coefficient (Wildman–Crippen LogP) is 0.730.